The molecule has 30 heavy (non-hydrogen) atoms. The Morgan fingerprint density at radius 3 is 2.53 bits per heavy atom. The lowest BCUT2D eigenvalue weighted by Crippen LogP contribution is -2.48. The highest BCUT2D eigenvalue weighted by molar-refractivity contribution is 5.58. The lowest BCUT2D eigenvalue weighted by atomic mass is 10.1. The summed E-state index contributed by atoms with van der Waals surface area (Å²) >= 11 is 0. The van der Waals surface area contributed by atoms with Gasteiger partial charge < -0.3 is 15.0 Å². The molecule has 1 aromatic carbocycles. The summed E-state index contributed by atoms with van der Waals surface area (Å²) in [6, 6.07) is 3.94. The summed E-state index contributed by atoms with van der Waals surface area (Å²) in [4.78, 5) is 8.78. The minimum absolute atomic E-state index is 0.00227. The maximum atomic E-state index is 15.3. The number of halogens is 5. The van der Waals surface area contributed by atoms with Gasteiger partial charge in [0, 0.05) is 43.4 Å². The topological polar surface area (TPSA) is 50.3 Å². The predicted molar refractivity (Wildman–Crippen MR) is 100 cm³/mol. The molecular formula is C20H17F5N4O. The van der Waals surface area contributed by atoms with Gasteiger partial charge >= 0.3 is 6.18 Å². The van der Waals surface area contributed by atoms with Crippen molar-refractivity contribution in [2.24, 2.45) is 0 Å². The van der Waals surface area contributed by atoms with E-state index in [2.05, 4.69) is 21.9 Å². The van der Waals surface area contributed by atoms with E-state index in [1.807, 2.05) is 0 Å². The normalized spacial score (nSPS) is 20.1. The molecule has 0 unspecified atom stereocenters. The molecule has 1 fully saturated rings. The van der Waals surface area contributed by atoms with Crippen LogP contribution in [0.4, 0.5) is 27.8 Å². The minimum atomic E-state index is -4.88. The molecule has 3 heterocycles. The number of fused-ring (bicyclic) bond motifs is 2. The van der Waals surface area contributed by atoms with Crippen LogP contribution in [0, 0.1) is 5.82 Å². The Balaban J connectivity index is 2.03. The summed E-state index contributed by atoms with van der Waals surface area (Å²) in [5.41, 5.74) is -0.131. The number of rotatable bonds is 1. The van der Waals surface area contributed by atoms with Crippen molar-refractivity contribution in [1.82, 2.24) is 15.3 Å². The van der Waals surface area contributed by atoms with E-state index >= 15 is 4.39 Å². The first kappa shape index (κ1) is 20.3. The fourth-order valence-corrected chi connectivity index (χ4v) is 3.42. The Bertz CT molecular complexity index is 1120. The van der Waals surface area contributed by atoms with E-state index in [4.69, 9.17) is 4.74 Å². The predicted octanol–water partition coefficient (Wildman–Crippen LogP) is 2.05. The number of benzene rings is 1. The minimum Gasteiger partial charge on any atom is -0.458 e. The highest BCUT2D eigenvalue weighted by Crippen LogP contribution is 2.29. The largest absolute Gasteiger partial charge is 0.458 e. The summed E-state index contributed by atoms with van der Waals surface area (Å²) < 4.78 is 75.5. The van der Waals surface area contributed by atoms with Crippen molar-refractivity contribution in [2.75, 3.05) is 31.1 Å². The van der Waals surface area contributed by atoms with Gasteiger partial charge in [0.05, 0.1) is 0 Å². The number of piperazine rings is 1. The SMILES string of the molecule is C=C1/C=c2/c(N3CCNCC3)nc(C(F)(F)F)n/c2=C(\F)Cc2c(F)cccc2O1. The molecule has 2 aliphatic rings. The number of aromatic nitrogens is 2. The molecule has 5 nitrogen and oxygen atoms in total. The van der Waals surface area contributed by atoms with E-state index < -0.39 is 35.4 Å². The van der Waals surface area contributed by atoms with Crippen molar-refractivity contribution in [3.8, 4) is 5.75 Å². The van der Waals surface area contributed by atoms with Crippen molar-refractivity contribution < 1.29 is 26.7 Å². The van der Waals surface area contributed by atoms with E-state index in [0.29, 0.717) is 26.2 Å². The third kappa shape index (κ3) is 3.87. The number of nitrogens with zero attached hydrogens (tertiary/aromatic N) is 3. The van der Waals surface area contributed by atoms with Gasteiger partial charge in [0.1, 0.15) is 34.3 Å². The highest BCUT2D eigenvalue weighted by atomic mass is 19.4. The van der Waals surface area contributed by atoms with Crippen LogP contribution in [0.3, 0.4) is 0 Å². The fourth-order valence-electron chi connectivity index (χ4n) is 3.42. The molecule has 10 heteroatoms. The van der Waals surface area contributed by atoms with Gasteiger partial charge in [0.15, 0.2) is 0 Å². The Kier molecular flexibility index (Phi) is 5.19. The van der Waals surface area contributed by atoms with Crippen molar-refractivity contribution in [3.63, 3.8) is 0 Å². The molecule has 2 aliphatic heterocycles. The number of hydrogen-bond acceptors (Lipinski definition) is 5. The number of alkyl halides is 3. The van der Waals surface area contributed by atoms with Gasteiger partial charge in [-0.25, -0.2) is 18.7 Å². The molecule has 0 amide bonds. The van der Waals surface area contributed by atoms with Crippen LogP contribution in [0.1, 0.15) is 11.4 Å². The van der Waals surface area contributed by atoms with Gasteiger partial charge in [-0.05, 0) is 18.2 Å². The van der Waals surface area contributed by atoms with E-state index in [0.717, 1.165) is 6.07 Å². The maximum Gasteiger partial charge on any atom is 0.451 e. The van der Waals surface area contributed by atoms with Crippen LogP contribution in [-0.2, 0) is 12.6 Å². The standard InChI is InChI=1S/C20H17F5N4O/c1-11-9-13-17(15(22)10-12-14(21)3-2-4-16(12)30-11)27-19(20(23,24)25)28-18(13)29-7-5-26-6-8-29/h2-4,9,26H,1,5-8,10H2/b13-9+,17-15-. The molecule has 4 rings (SSSR count). The summed E-state index contributed by atoms with van der Waals surface area (Å²) in [7, 11) is 0. The zero-order chi connectivity index (χ0) is 21.5. The van der Waals surface area contributed by atoms with Crippen LogP contribution in [-0.4, -0.2) is 36.1 Å². The summed E-state index contributed by atoms with van der Waals surface area (Å²) in [5, 5.41) is 2.56. The molecule has 0 atom stereocenters. The van der Waals surface area contributed by atoms with Crippen molar-refractivity contribution >= 4 is 17.7 Å². The lowest BCUT2D eigenvalue weighted by Gasteiger charge is -2.29. The van der Waals surface area contributed by atoms with Gasteiger partial charge in [-0.1, -0.05) is 12.6 Å². The molecule has 0 bridgehead atoms. The number of ether oxygens (including phenoxy) is 1. The first-order valence-electron chi connectivity index (χ1n) is 9.19. The van der Waals surface area contributed by atoms with Gasteiger partial charge in [-0.15, -0.1) is 0 Å². The van der Waals surface area contributed by atoms with Crippen LogP contribution in [0.25, 0.3) is 11.9 Å². The molecule has 0 saturated carbocycles. The average Bonchev–Trinajstić information content (AvgIpc) is 2.74. The monoisotopic (exact) mass is 424 g/mol. The summed E-state index contributed by atoms with van der Waals surface area (Å²) in [6.45, 7) is 5.53. The Labute approximate surface area is 168 Å². The fraction of sp³-hybridized carbons (Fsp3) is 0.300. The second-order valence-corrected chi connectivity index (χ2v) is 6.88. The first-order chi connectivity index (χ1) is 14.2. The Morgan fingerprint density at radius 2 is 1.83 bits per heavy atom. The molecular weight excluding hydrogens is 407 g/mol. The zero-order valence-electron chi connectivity index (χ0n) is 15.7. The molecule has 1 N–H and O–H groups in total. The maximum absolute atomic E-state index is 15.3. The van der Waals surface area contributed by atoms with Crippen LogP contribution >= 0.6 is 0 Å². The highest BCUT2D eigenvalue weighted by Gasteiger charge is 2.36. The molecule has 0 aliphatic carbocycles. The Morgan fingerprint density at radius 1 is 1.10 bits per heavy atom. The van der Waals surface area contributed by atoms with Crippen LogP contribution < -0.4 is 25.5 Å². The molecule has 1 aromatic heterocycles. The van der Waals surface area contributed by atoms with E-state index in [1.54, 1.807) is 4.90 Å². The van der Waals surface area contributed by atoms with Gasteiger partial charge in [-0.2, -0.15) is 13.2 Å². The molecule has 2 aromatic rings. The first-order valence-corrected chi connectivity index (χ1v) is 9.19. The van der Waals surface area contributed by atoms with E-state index in [1.165, 1.54) is 18.2 Å². The number of hydrogen-bond donors (Lipinski definition) is 1. The van der Waals surface area contributed by atoms with Gasteiger partial charge in [0.25, 0.3) is 0 Å². The summed E-state index contributed by atoms with van der Waals surface area (Å²) in [6.07, 6.45) is -4.22. The van der Waals surface area contributed by atoms with Crippen molar-refractivity contribution in [2.45, 2.75) is 12.6 Å². The quantitative estimate of drug-likeness (QED) is 0.711. The van der Waals surface area contributed by atoms with Crippen LogP contribution in [0.15, 0.2) is 30.5 Å². The molecule has 158 valence electrons. The average molecular weight is 424 g/mol. The zero-order valence-corrected chi connectivity index (χ0v) is 15.7. The second-order valence-electron chi connectivity index (χ2n) is 6.88. The Hall–Kier alpha value is -3.01. The number of nitrogens with one attached hydrogen (secondary N) is 1. The third-order valence-electron chi connectivity index (χ3n) is 4.81. The molecule has 0 spiro atoms. The third-order valence-corrected chi connectivity index (χ3v) is 4.81. The second kappa shape index (κ2) is 7.67. The van der Waals surface area contributed by atoms with Crippen LogP contribution in [0.2, 0.25) is 0 Å². The van der Waals surface area contributed by atoms with E-state index in [-0.39, 0.29) is 28.1 Å². The van der Waals surface area contributed by atoms with Gasteiger partial charge in [-0.3, -0.25) is 0 Å². The molecule has 1 saturated heterocycles. The van der Waals surface area contributed by atoms with Crippen LogP contribution in [0.5, 0.6) is 5.75 Å². The number of anilines is 1. The number of allylic oxidation sites excluding steroid dienone is 1. The smallest absolute Gasteiger partial charge is 0.451 e. The summed E-state index contributed by atoms with van der Waals surface area (Å²) in [5.74, 6) is -3.26. The van der Waals surface area contributed by atoms with Crippen molar-refractivity contribution in [1.29, 1.82) is 0 Å². The lowest BCUT2D eigenvalue weighted by molar-refractivity contribution is -0.145. The molecule has 0 radical (unpaired) electrons. The van der Waals surface area contributed by atoms with Crippen molar-refractivity contribution in [3.05, 3.63) is 58.3 Å². The van der Waals surface area contributed by atoms with E-state index in [9.17, 15) is 17.6 Å². The van der Waals surface area contributed by atoms with Gasteiger partial charge in [0.2, 0.25) is 5.82 Å².